The molecule has 2 unspecified atom stereocenters. The minimum atomic E-state index is 0.669. The minimum absolute atomic E-state index is 0.669. The van der Waals surface area contributed by atoms with E-state index in [1.165, 1.54) is 24.8 Å². The lowest BCUT2D eigenvalue weighted by atomic mass is 9.96. The number of nitrogens with one attached hydrogen (secondary N) is 1. The summed E-state index contributed by atoms with van der Waals surface area (Å²) in [6, 6.07) is 9.26. The highest BCUT2D eigenvalue weighted by molar-refractivity contribution is 5.37. The van der Waals surface area contributed by atoms with Crippen LogP contribution in [-0.4, -0.2) is 19.2 Å². The lowest BCUT2D eigenvalue weighted by molar-refractivity contribution is 0.312. The van der Waals surface area contributed by atoms with Crippen molar-refractivity contribution in [1.29, 1.82) is 0 Å². The first-order valence-corrected chi connectivity index (χ1v) is 7.30. The summed E-state index contributed by atoms with van der Waals surface area (Å²) in [5.74, 6) is 1.77. The quantitative estimate of drug-likeness (QED) is 0.827. The Morgan fingerprint density at radius 3 is 2.83 bits per heavy atom. The highest BCUT2D eigenvalue weighted by Crippen LogP contribution is 2.38. The second-order valence-corrected chi connectivity index (χ2v) is 5.15. The maximum Gasteiger partial charge on any atom is 0.122 e. The number of hydrogen-bond acceptors (Lipinski definition) is 2. The van der Waals surface area contributed by atoms with Gasteiger partial charge in [-0.25, -0.2) is 0 Å². The molecule has 2 rings (SSSR count). The number of para-hydroxylation sites is 1. The van der Waals surface area contributed by atoms with Gasteiger partial charge < -0.3 is 10.1 Å². The Labute approximate surface area is 111 Å². The van der Waals surface area contributed by atoms with Crippen LogP contribution >= 0.6 is 0 Å². The molecule has 2 nitrogen and oxygen atoms in total. The molecule has 0 bridgehead atoms. The van der Waals surface area contributed by atoms with Gasteiger partial charge in [0.1, 0.15) is 5.75 Å². The first-order valence-electron chi connectivity index (χ1n) is 7.30. The van der Waals surface area contributed by atoms with Gasteiger partial charge in [0.15, 0.2) is 0 Å². The molecule has 2 atom stereocenters. The fraction of sp³-hybridized carbons (Fsp3) is 0.625. The summed E-state index contributed by atoms with van der Waals surface area (Å²) in [6.45, 7) is 6.23. The van der Waals surface area contributed by atoms with Crippen molar-refractivity contribution in [2.75, 3.05) is 13.2 Å². The van der Waals surface area contributed by atoms with E-state index in [2.05, 4.69) is 43.4 Å². The minimum Gasteiger partial charge on any atom is -0.493 e. The summed E-state index contributed by atoms with van der Waals surface area (Å²) in [5, 5.41) is 3.57. The van der Waals surface area contributed by atoms with Gasteiger partial charge in [-0.2, -0.15) is 0 Å². The van der Waals surface area contributed by atoms with Crippen LogP contribution in [0.3, 0.4) is 0 Å². The first kappa shape index (κ1) is 13.4. The normalized spacial score (nSPS) is 23.2. The fourth-order valence-corrected chi connectivity index (χ4v) is 2.90. The maximum absolute atomic E-state index is 5.87. The smallest absolute Gasteiger partial charge is 0.122 e. The van der Waals surface area contributed by atoms with Crippen molar-refractivity contribution in [3.8, 4) is 5.75 Å². The zero-order chi connectivity index (χ0) is 12.8. The average molecular weight is 247 g/mol. The molecule has 1 aliphatic rings. The van der Waals surface area contributed by atoms with E-state index in [0.717, 1.165) is 25.3 Å². The fourth-order valence-electron chi connectivity index (χ4n) is 2.90. The molecule has 0 amide bonds. The molecule has 0 spiro atoms. The van der Waals surface area contributed by atoms with Crippen molar-refractivity contribution < 1.29 is 4.74 Å². The molecule has 1 saturated carbocycles. The Hall–Kier alpha value is -1.02. The summed E-state index contributed by atoms with van der Waals surface area (Å²) in [7, 11) is 0. The van der Waals surface area contributed by atoms with E-state index >= 15 is 0 Å². The van der Waals surface area contributed by atoms with Gasteiger partial charge in [0.05, 0.1) is 6.61 Å². The van der Waals surface area contributed by atoms with Gasteiger partial charge >= 0.3 is 0 Å². The van der Waals surface area contributed by atoms with E-state index < -0.39 is 0 Å². The lowest BCUT2D eigenvalue weighted by Crippen LogP contribution is -2.25. The number of hydrogen-bond donors (Lipinski definition) is 1. The second-order valence-electron chi connectivity index (χ2n) is 5.15. The summed E-state index contributed by atoms with van der Waals surface area (Å²) >= 11 is 0. The predicted octanol–water partition coefficient (Wildman–Crippen LogP) is 3.72. The Bertz CT molecular complexity index is 364. The van der Waals surface area contributed by atoms with Crippen LogP contribution in [0.2, 0.25) is 0 Å². The van der Waals surface area contributed by atoms with E-state index in [9.17, 15) is 0 Å². The lowest BCUT2D eigenvalue weighted by Gasteiger charge is -2.16. The van der Waals surface area contributed by atoms with Crippen LogP contribution < -0.4 is 10.1 Å². The van der Waals surface area contributed by atoms with E-state index in [0.29, 0.717) is 12.0 Å². The van der Waals surface area contributed by atoms with Crippen molar-refractivity contribution in [2.24, 2.45) is 0 Å². The summed E-state index contributed by atoms with van der Waals surface area (Å²) in [6.07, 6.45) is 4.89. The average Bonchev–Trinajstić information content (AvgIpc) is 2.86. The zero-order valence-corrected chi connectivity index (χ0v) is 11.6. The predicted molar refractivity (Wildman–Crippen MR) is 76.3 cm³/mol. The van der Waals surface area contributed by atoms with Crippen LogP contribution in [0.4, 0.5) is 0 Å². The Kier molecular flexibility index (Phi) is 5.06. The molecule has 0 radical (unpaired) electrons. The van der Waals surface area contributed by atoms with Gasteiger partial charge in [-0.05, 0) is 49.8 Å². The first-order chi connectivity index (χ1) is 8.85. The monoisotopic (exact) mass is 247 g/mol. The summed E-state index contributed by atoms with van der Waals surface area (Å²) in [4.78, 5) is 0. The third kappa shape index (κ3) is 3.26. The molecule has 0 saturated heterocycles. The summed E-state index contributed by atoms with van der Waals surface area (Å²) < 4.78 is 5.87. The van der Waals surface area contributed by atoms with Gasteiger partial charge in [-0.15, -0.1) is 0 Å². The second kappa shape index (κ2) is 6.79. The molecule has 1 aromatic rings. The van der Waals surface area contributed by atoms with E-state index in [-0.39, 0.29) is 0 Å². The van der Waals surface area contributed by atoms with Crippen LogP contribution in [0.15, 0.2) is 24.3 Å². The molecular weight excluding hydrogens is 222 g/mol. The third-order valence-corrected chi connectivity index (χ3v) is 3.75. The highest BCUT2D eigenvalue weighted by atomic mass is 16.5. The molecule has 1 N–H and O–H groups in total. The van der Waals surface area contributed by atoms with Crippen molar-refractivity contribution in [2.45, 2.75) is 51.5 Å². The Morgan fingerprint density at radius 2 is 2.06 bits per heavy atom. The Morgan fingerprint density at radius 1 is 1.22 bits per heavy atom. The zero-order valence-electron chi connectivity index (χ0n) is 11.6. The molecule has 1 fully saturated rings. The Balaban J connectivity index is 2.04. The molecule has 0 aromatic heterocycles. The topological polar surface area (TPSA) is 21.3 Å². The molecule has 100 valence electrons. The van der Waals surface area contributed by atoms with Crippen molar-refractivity contribution in [3.63, 3.8) is 0 Å². The van der Waals surface area contributed by atoms with Crippen LogP contribution in [0.1, 0.15) is 51.0 Å². The molecule has 0 aliphatic heterocycles. The largest absolute Gasteiger partial charge is 0.493 e. The van der Waals surface area contributed by atoms with Crippen molar-refractivity contribution >= 4 is 0 Å². The SMILES string of the molecule is CCCOc1ccccc1C1CCC(NCC)C1. The van der Waals surface area contributed by atoms with E-state index in [1.54, 1.807) is 0 Å². The molecule has 18 heavy (non-hydrogen) atoms. The van der Waals surface area contributed by atoms with Gasteiger partial charge in [0.2, 0.25) is 0 Å². The van der Waals surface area contributed by atoms with E-state index in [4.69, 9.17) is 4.74 Å². The standard InChI is InChI=1S/C16H25NO/c1-3-11-18-16-8-6-5-7-15(16)13-9-10-14(12-13)17-4-2/h5-8,13-14,17H,3-4,9-12H2,1-2H3. The third-order valence-electron chi connectivity index (χ3n) is 3.75. The van der Waals surface area contributed by atoms with Crippen molar-refractivity contribution in [1.82, 2.24) is 5.32 Å². The highest BCUT2D eigenvalue weighted by Gasteiger charge is 2.26. The molecule has 1 aromatic carbocycles. The number of rotatable bonds is 6. The molecular formula is C16H25NO. The summed E-state index contributed by atoms with van der Waals surface area (Å²) in [5.41, 5.74) is 1.41. The van der Waals surface area contributed by atoms with Crippen LogP contribution in [0.25, 0.3) is 0 Å². The van der Waals surface area contributed by atoms with Gasteiger partial charge in [-0.3, -0.25) is 0 Å². The van der Waals surface area contributed by atoms with Crippen LogP contribution in [0, 0.1) is 0 Å². The molecule has 2 heteroatoms. The molecule has 0 heterocycles. The molecule has 1 aliphatic carbocycles. The number of ether oxygens (including phenoxy) is 1. The maximum atomic E-state index is 5.87. The van der Waals surface area contributed by atoms with Gasteiger partial charge in [-0.1, -0.05) is 32.0 Å². The number of benzene rings is 1. The van der Waals surface area contributed by atoms with Gasteiger partial charge in [0.25, 0.3) is 0 Å². The van der Waals surface area contributed by atoms with Gasteiger partial charge in [0, 0.05) is 6.04 Å². The van der Waals surface area contributed by atoms with Crippen LogP contribution in [-0.2, 0) is 0 Å². The van der Waals surface area contributed by atoms with Crippen molar-refractivity contribution in [3.05, 3.63) is 29.8 Å². The van der Waals surface area contributed by atoms with E-state index in [1.807, 2.05) is 0 Å². The van der Waals surface area contributed by atoms with Crippen LogP contribution in [0.5, 0.6) is 5.75 Å².